The Morgan fingerprint density at radius 3 is 2.50 bits per heavy atom. The Morgan fingerprint density at radius 1 is 1.28 bits per heavy atom. The van der Waals surface area contributed by atoms with Crippen molar-refractivity contribution in [3.8, 4) is 0 Å². The SMILES string of the molecule is CCn1ccc(NS(=O)(=O)c2ccc(Cl)cc2)n1. The molecule has 0 aliphatic rings. The van der Waals surface area contributed by atoms with E-state index < -0.39 is 10.0 Å². The van der Waals surface area contributed by atoms with Gasteiger partial charge in [-0.05, 0) is 31.2 Å². The van der Waals surface area contributed by atoms with Crippen molar-refractivity contribution in [2.45, 2.75) is 18.4 Å². The lowest BCUT2D eigenvalue weighted by Crippen LogP contribution is -2.13. The summed E-state index contributed by atoms with van der Waals surface area (Å²) in [5.41, 5.74) is 0. The smallest absolute Gasteiger partial charge is 0.263 e. The van der Waals surface area contributed by atoms with Gasteiger partial charge in [0.15, 0.2) is 5.82 Å². The van der Waals surface area contributed by atoms with E-state index >= 15 is 0 Å². The van der Waals surface area contributed by atoms with Crippen molar-refractivity contribution in [1.29, 1.82) is 0 Å². The van der Waals surface area contributed by atoms with Gasteiger partial charge in [0.1, 0.15) is 0 Å². The van der Waals surface area contributed by atoms with Gasteiger partial charge in [0.25, 0.3) is 10.0 Å². The lowest BCUT2D eigenvalue weighted by molar-refractivity contribution is 0.600. The number of hydrogen-bond acceptors (Lipinski definition) is 3. The molecular formula is C11H12ClN3O2S. The standard InChI is InChI=1S/C11H12ClN3O2S/c1-2-15-8-7-11(13-15)14-18(16,17)10-5-3-9(12)4-6-10/h3-8H,2H2,1H3,(H,13,14). The fourth-order valence-corrected chi connectivity index (χ4v) is 2.53. The van der Waals surface area contributed by atoms with Crippen LogP contribution in [0.3, 0.4) is 0 Å². The first kappa shape index (κ1) is 12.9. The molecule has 96 valence electrons. The molecule has 0 saturated heterocycles. The number of sulfonamides is 1. The molecule has 2 aromatic rings. The van der Waals surface area contributed by atoms with Gasteiger partial charge in [-0.25, -0.2) is 8.42 Å². The first-order valence-electron chi connectivity index (χ1n) is 5.33. The van der Waals surface area contributed by atoms with Crippen LogP contribution in [0, 0.1) is 0 Å². The van der Waals surface area contributed by atoms with Gasteiger partial charge in [-0.3, -0.25) is 9.40 Å². The van der Waals surface area contributed by atoms with E-state index in [-0.39, 0.29) is 4.90 Å². The zero-order chi connectivity index (χ0) is 13.2. The van der Waals surface area contributed by atoms with E-state index in [2.05, 4.69) is 9.82 Å². The normalized spacial score (nSPS) is 11.4. The van der Waals surface area contributed by atoms with Crippen molar-refractivity contribution >= 4 is 27.4 Å². The first-order chi connectivity index (χ1) is 8.51. The number of halogens is 1. The second-order valence-electron chi connectivity index (χ2n) is 3.62. The van der Waals surface area contributed by atoms with Crippen LogP contribution in [0.2, 0.25) is 5.02 Å². The quantitative estimate of drug-likeness (QED) is 0.938. The van der Waals surface area contributed by atoms with Crippen LogP contribution in [0.5, 0.6) is 0 Å². The Labute approximate surface area is 110 Å². The van der Waals surface area contributed by atoms with Crippen LogP contribution in [0.1, 0.15) is 6.92 Å². The van der Waals surface area contributed by atoms with E-state index in [1.54, 1.807) is 16.9 Å². The monoisotopic (exact) mass is 285 g/mol. The average Bonchev–Trinajstić information content (AvgIpc) is 2.76. The molecule has 0 amide bonds. The highest BCUT2D eigenvalue weighted by Crippen LogP contribution is 2.17. The van der Waals surface area contributed by atoms with Gasteiger partial charge in [0.2, 0.25) is 0 Å². The Balaban J connectivity index is 2.24. The van der Waals surface area contributed by atoms with Crippen LogP contribution in [0.15, 0.2) is 41.4 Å². The minimum atomic E-state index is -3.61. The fourth-order valence-electron chi connectivity index (χ4n) is 1.40. The molecule has 0 atom stereocenters. The number of rotatable bonds is 4. The number of anilines is 1. The predicted molar refractivity (Wildman–Crippen MR) is 70.2 cm³/mol. The summed E-state index contributed by atoms with van der Waals surface area (Å²) >= 11 is 5.71. The molecule has 0 spiro atoms. The van der Waals surface area contributed by atoms with Gasteiger partial charge < -0.3 is 0 Å². The van der Waals surface area contributed by atoms with Crippen LogP contribution < -0.4 is 4.72 Å². The number of hydrogen-bond donors (Lipinski definition) is 1. The molecule has 0 fully saturated rings. The molecule has 1 heterocycles. The summed E-state index contributed by atoms with van der Waals surface area (Å²) in [5.74, 6) is 0.298. The summed E-state index contributed by atoms with van der Waals surface area (Å²) < 4.78 is 28.1. The fraction of sp³-hybridized carbons (Fsp3) is 0.182. The van der Waals surface area contributed by atoms with E-state index in [0.717, 1.165) is 0 Å². The van der Waals surface area contributed by atoms with Gasteiger partial charge in [-0.2, -0.15) is 5.10 Å². The molecule has 0 unspecified atom stereocenters. The molecule has 0 radical (unpaired) electrons. The van der Waals surface area contributed by atoms with Crippen molar-refractivity contribution in [3.63, 3.8) is 0 Å². The molecule has 18 heavy (non-hydrogen) atoms. The highest BCUT2D eigenvalue weighted by molar-refractivity contribution is 7.92. The first-order valence-corrected chi connectivity index (χ1v) is 7.19. The van der Waals surface area contributed by atoms with Crippen LogP contribution in [0.25, 0.3) is 0 Å². The minimum Gasteiger partial charge on any atom is -0.271 e. The lowest BCUT2D eigenvalue weighted by Gasteiger charge is -2.05. The van der Waals surface area contributed by atoms with Crippen molar-refractivity contribution in [2.75, 3.05) is 4.72 Å². The van der Waals surface area contributed by atoms with Crippen LogP contribution in [0.4, 0.5) is 5.82 Å². The number of benzene rings is 1. The number of nitrogens with zero attached hydrogens (tertiary/aromatic N) is 2. The summed E-state index contributed by atoms with van der Waals surface area (Å²) in [7, 11) is -3.61. The van der Waals surface area contributed by atoms with E-state index in [1.165, 1.54) is 24.3 Å². The number of aryl methyl sites for hydroxylation is 1. The molecule has 7 heteroatoms. The molecule has 2 rings (SSSR count). The van der Waals surface area contributed by atoms with E-state index in [1.807, 2.05) is 6.92 Å². The maximum atomic E-state index is 12.0. The minimum absolute atomic E-state index is 0.151. The molecule has 1 N–H and O–H groups in total. The maximum absolute atomic E-state index is 12.0. The van der Waals surface area contributed by atoms with Crippen molar-refractivity contribution < 1.29 is 8.42 Å². The summed E-state index contributed by atoms with van der Waals surface area (Å²) in [5, 5.41) is 4.55. The molecule has 0 saturated carbocycles. The topological polar surface area (TPSA) is 64.0 Å². The largest absolute Gasteiger partial charge is 0.271 e. The molecule has 0 aliphatic carbocycles. The second kappa shape index (κ2) is 4.99. The highest BCUT2D eigenvalue weighted by Gasteiger charge is 2.15. The highest BCUT2D eigenvalue weighted by atomic mass is 35.5. The van der Waals surface area contributed by atoms with E-state index in [9.17, 15) is 8.42 Å². The molecule has 5 nitrogen and oxygen atoms in total. The predicted octanol–water partition coefficient (Wildman–Crippen LogP) is 2.36. The second-order valence-corrected chi connectivity index (χ2v) is 5.73. The van der Waals surface area contributed by atoms with Gasteiger partial charge in [-0.1, -0.05) is 11.6 Å². The van der Waals surface area contributed by atoms with Crippen LogP contribution in [-0.2, 0) is 16.6 Å². The third-order valence-electron chi connectivity index (χ3n) is 2.33. The third-order valence-corrected chi connectivity index (χ3v) is 3.95. The molecule has 0 bridgehead atoms. The summed E-state index contributed by atoms with van der Waals surface area (Å²) in [4.78, 5) is 0.151. The van der Waals surface area contributed by atoms with Gasteiger partial charge in [0.05, 0.1) is 4.90 Å². The van der Waals surface area contributed by atoms with Crippen LogP contribution >= 0.6 is 11.6 Å². The average molecular weight is 286 g/mol. The van der Waals surface area contributed by atoms with E-state index in [0.29, 0.717) is 17.4 Å². The van der Waals surface area contributed by atoms with Crippen molar-refractivity contribution in [1.82, 2.24) is 9.78 Å². The Morgan fingerprint density at radius 2 is 1.94 bits per heavy atom. The lowest BCUT2D eigenvalue weighted by atomic mass is 10.4. The number of aromatic nitrogens is 2. The maximum Gasteiger partial charge on any atom is 0.263 e. The summed E-state index contributed by atoms with van der Waals surface area (Å²) in [6.07, 6.45) is 1.71. The third kappa shape index (κ3) is 2.83. The van der Waals surface area contributed by atoms with E-state index in [4.69, 9.17) is 11.6 Å². The van der Waals surface area contributed by atoms with Crippen molar-refractivity contribution in [3.05, 3.63) is 41.6 Å². The summed E-state index contributed by atoms with van der Waals surface area (Å²) in [6.45, 7) is 2.60. The summed E-state index contributed by atoms with van der Waals surface area (Å²) in [6, 6.07) is 7.56. The molecule has 1 aromatic heterocycles. The van der Waals surface area contributed by atoms with Gasteiger partial charge in [0, 0.05) is 23.8 Å². The van der Waals surface area contributed by atoms with Gasteiger partial charge in [-0.15, -0.1) is 0 Å². The molecule has 1 aromatic carbocycles. The van der Waals surface area contributed by atoms with Crippen LogP contribution in [-0.4, -0.2) is 18.2 Å². The van der Waals surface area contributed by atoms with Gasteiger partial charge >= 0.3 is 0 Å². The Bertz CT molecular complexity index is 635. The Hall–Kier alpha value is -1.53. The zero-order valence-corrected chi connectivity index (χ0v) is 11.2. The molecular weight excluding hydrogens is 274 g/mol. The van der Waals surface area contributed by atoms with Crippen molar-refractivity contribution in [2.24, 2.45) is 0 Å². The number of nitrogens with one attached hydrogen (secondary N) is 1. The Kier molecular flexibility index (Phi) is 3.58. The molecule has 0 aliphatic heterocycles. The zero-order valence-electron chi connectivity index (χ0n) is 9.67.